The van der Waals surface area contributed by atoms with Crippen LogP contribution in [0.15, 0.2) is 29.1 Å². The molecule has 1 heterocycles. The summed E-state index contributed by atoms with van der Waals surface area (Å²) in [6.07, 6.45) is -2.10. The highest BCUT2D eigenvalue weighted by molar-refractivity contribution is 7.07. The minimum atomic E-state index is -4.52. The first-order valence-electron chi connectivity index (χ1n) is 9.65. The number of halogens is 3. The van der Waals surface area contributed by atoms with E-state index in [-0.39, 0.29) is 33.8 Å². The van der Waals surface area contributed by atoms with Gasteiger partial charge in [-0.05, 0) is 44.5 Å². The Balaban J connectivity index is 2.62. The first-order chi connectivity index (χ1) is 14.6. The summed E-state index contributed by atoms with van der Waals surface area (Å²) < 4.78 is 45.2. The number of carbonyl (C=O) groups excluding carboxylic acids is 2. The number of thiazole rings is 1. The van der Waals surface area contributed by atoms with Gasteiger partial charge in [0.15, 0.2) is 0 Å². The van der Waals surface area contributed by atoms with Crippen LogP contribution < -0.4 is 14.8 Å². The van der Waals surface area contributed by atoms with Gasteiger partial charge in [0, 0.05) is 13.1 Å². The van der Waals surface area contributed by atoms with Gasteiger partial charge in [0.05, 0.1) is 22.8 Å². The first-order valence-corrected chi connectivity index (χ1v) is 10.5. The third kappa shape index (κ3) is 6.30. The summed E-state index contributed by atoms with van der Waals surface area (Å²) in [7, 11) is 0. The van der Waals surface area contributed by atoms with Crippen LogP contribution >= 0.6 is 11.3 Å². The molecule has 10 heteroatoms. The summed E-state index contributed by atoms with van der Waals surface area (Å²) in [4.78, 5) is 38.9. The van der Waals surface area contributed by atoms with Crippen molar-refractivity contribution in [1.82, 2.24) is 9.47 Å². The fourth-order valence-electron chi connectivity index (χ4n) is 2.85. The Morgan fingerprint density at radius 1 is 1.19 bits per heavy atom. The van der Waals surface area contributed by atoms with E-state index in [0.717, 1.165) is 34.1 Å². The van der Waals surface area contributed by atoms with Gasteiger partial charge in [0.2, 0.25) is 5.91 Å². The van der Waals surface area contributed by atoms with Crippen molar-refractivity contribution in [2.45, 2.75) is 33.5 Å². The van der Waals surface area contributed by atoms with E-state index < -0.39 is 23.3 Å². The average molecular weight is 456 g/mol. The molecular formula is C21H23F3N2O4S. The van der Waals surface area contributed by atoms with Crippen molar-refractivity contribution in [2.75, 3.05) is 19.7 Å². The lowest BCUT2D eigenvalue weighted by molar-refractivity contribution is -0.137. The Hall–Kier alpha value is -2.88. The topological polar surface area (TPSA) is 68.6 Å². The molecule has 0 bridgehead atoms. The molecule has 1 aromatic carbocycles. The van der Waals surface area contributed by atoms with Crippen LogP contribution in [0.2, 0.25) is 0 Å². The smallest absolute Gasteiger partial charge is 0.416 e. The molecule has 6 nitrogen and oxygen atoms in total. The van der Waals surface area contributed by atoms with Crippen LogP contribution in [0.3, 0.4) is 0 Å². The Morgan fingerprint density at radius 3 is 2.45 bits per heavy atom. The summed E-state index contributed by atoms with van der Waals surface area (Å²) >= 11 is 0.904. The van der Waals surface area contributed by atoms with Gasteiger partial charge in [0.1, 0.15) is 11.2 Å². The molecule has 1 amide bonds. The highest BCUT2D eigenvalue weighted by Crippen LogP contribution is 2.29. The SMILES string of the molecule is CCOC(=O)/C=c1\s/c(=C\c2cccc(C(F)(F)F)c2)c(=O)n1CC(=O)N(CC)CC. The van der Waals surface area contributed by atoms with Crippen LogP contribution in [0.1, 0.15) is 31.9 Å². The molecule has 0 aliphatic heterocycles. The van der Waals surface area contributed by atoms with Crippen LogP contribution in [0, 0.1) is 0 Å². The number of aromatic nitrogens is 1. The predicted molar refractivity (Wildman–Crippen MR) is 112 cm³/mol. The van der Waals surface area contributed by atoms with Crippen molar-refractivity contribution in [3.63, 3.8) is 0 Å². The summed E-state index contributed by atoms with van der Waals surface area (Å²) in [5.74, 6) is -0.993. The van der Waals surface area contributed by atoms with Gasteiger partial charge in [-0.1, -0.05) is 12.1 Å². The van der Waals surface area contributed by atoms with Gasteiger partial charge in [-0.25, -0.2) is 4.79 Å². The largest absolute Gasteiger partial charge is 0.463 e. The summed E-state index contributed by atoms with van der Waals surface area (Å²) in [6, 6.07) is 4.55. The molecule has 2 aromatic rings. The number of ether oxygens (including phenoxy) is 1. The van der Waals surface area contributed by atoms with E-state index >= 15 is 0 Å². The van der Waals surface area contributed by atoms with E-state index in [2.05, 4.69) is 0 Å². The molecule has 2 rings (SSSR count). The minimum Gasteiger partial charge on any atom is -0.463 e. The number of rotatable bonds is 7. The van der Waals surface area contributed by atoms with Gasteiger partial charge in [-0.2, -0.15) is 13.2 Å². The normalized spacial score (nSPS) is 12.8. The van der Waals surface area contributed by atoms with Crippen LogP contribution in [0.25, 0.3) is 12.2 Å². The minimum absolute atomic E-state index is 0.0993. The number of amides is 1. The number of esters is 1. The number of carbonyl (C=O) groups is 2. The Kier molecular flexibility index (Phi) is 8.21. The second kappa shape index (κ2) is 10.4. The standard InChI is InChI=1S/C21H23F3N2O4S/c1-4-25(5-2)17(27)13-26-18(12-19(28)30-6-3)31-16(20(26)29)11-14-8-7-9-15(10-14)21(22,23)24/h7-12H,4-6,13H2,1-3H3/b16-11-,18-12-. The lowest BCUT2D eigenvalue weighted by Crippen LogP contribution is -2.40. The zero-order valence-corrected chi connectivity index (χ0v) is 18.2. The lowest BCUT2D eigenvalue weighted by atomic mass is 10.1. The summed E-state index contributed by atoms with van der Waals surface area (Å²) in [6.45, 7) is 5.98. The molecule has 0 N–H and O–H groups in total. The number of likely N-dealkylation sites (N-methyl/N-ethyl adjacent to an activating group) is 1. The molecule has 168 valence electrons. The predicted octanol–water partition coefficient (Wildman–Crippen LogP) is 1.97. The van der Waals surface area contributed by atoms with Crippen LogP contribution in [-0.4, -0.2) is 41.0 Å². The van der Waals surface area contributed by atoms with E-state index in [9.17, 15) is 27.6 Å². The van der Waals surface area contributed by atoms with Crippen LogP contribution in [0.5, 0.6) is 0 Å². The fraction of sp³-hybridized carbons (Fsp3) is 0.381. The Labute approximate surface area is 180 Å². The van der Waals surface area contributed by atoms with Gasteiger partial charge < -0.3 is 9.64 Å². The van der Waals surface area contributed by atoms with Crippen molar-refractivity contribution >= 4 is 35.4 Å². The molecule has 1 aromatic heterocycles. The summed E-state index contributed by atoms with van der Waals surface area (Å²) in [5, 5.41) is 0. The third-order valence-electron chi connectivity index (χ3n) is 4.39. The highest BCUT2D eigenvalue weighted by atomic mass is 32.1. The highest BCUT2D eigenvalue weighted by Gasteiger charge is 2.30. The number of hydrogen-bond donors (Lipinski definition) is 0. The van der Waals surface area contributed by atoms with E-state index in [0.29, 0.717) is 13.1 Å². The second-order valence-corrected chi connectivity index (χ2v) is 7.49. The molecular weight excluding hydrogens is 433 g/mol. The van der Waals surface area contributed by atoms with Crippen molar-refractivity contribution in [2.24, 2.45) is 0 Å². The average Bonchev–Trinajstić information content (AvgIpc) is 2.97. The number of nitrogens with zero attached hydrogens (tertiary/aromatic N) is 2. The zero-order valence-electron chi connectivity index (χ0n) is 17.4. The molecule has 0 radical (unpaired) electrons. The zero-order chi connectivity index (χ0) is 23.2. The van der Waals surface area contributed by atoms with Gasteiger partial charge in [0.25, 0.3) is 5.56 Å². The Bertz CT molecular complexity index is 1110. The molecule has 0 spiro atoms. The first kappa shape index (κ1) is 24.4. The molecule has 0 saturated carbocycles. The van der Waals surface area contributed by atoms with Crippen molar-refractivity contribution in [3.8, 4) is 0 Å². The van der Waals surface area contributed by atoms with Crippen LogP contribution in [-0.2, 0) is 27.0 Å². The van der Waals surface area contributed by atoms with E-state index in [1.54, 1.807) is 20.8 Å². The molecule has 0 fully saturated rings. The monoisotopic (exact) mass is 456 g/mol. The third-order valence-corrected chi connectivity index (χ3v) is 5.45. The molecule has 0 atom stereocenters. The molecule has 0 unspecified atom stereocenters. The van der Waals surface area contributed by atoms with Crippen LogP contribution in [0.4, 0.5) is 13.2 Å². The van der Waals surface area contributed by atoms with Crippen molar-refractivity contribution < 1.29 is 27.5 Å². The van der Waals surface area contributed by atoms with Gasteiger partial charge in [-0.3, -0.25) is 14.2 Å². The lowest BCUT2D eigenvalue weighted by Gasteiger charge is -2.18. The van der Waals surface area contributed by atoms with E-state index in [1.807, 2.05) is 0 Å². The Morgan fingerprint density at radius 2 is 1.87 bits per heavy atom. The fourth-order valence-corrected chi connectivity index (χ4v) is 3.88. The van der Waals surface area contributed by atoms with E-state index in [4.69, 9.17) is 4.74 Å². The number of alkyl halides is 3. The quantitative estimate of drug-likeness (QED) is 0.598. The molecule has 31 heavy (non-hydrogen) atoms. The maximum Gasteiger partial charge on any atom is 0.416 e. The van der Waals surface area contributed by atoms with Crippen molar-refractivity contribution in [1.29, 1.82) is 0 Å². The summed E-state index contributed by atoms with van der Waals surface area (Å²) in [5.41, 5.74) is -1.23. The van der Waals surface area contributed by atoms with E-state index in [1.165, 1.54) is 23.1 Å². The van der Waals surface area contributed by atoms with Gasteiger partial charge in [-0.15, -0.1) is 11.3 Å². The molecule has 0 aliphatic rings. The molecule has 0 saturated heterocycles. The second-order valence-electron chi connectivity index (χ2n) is 6.43. The maximum absolute atomic E-state index is 13.0. The maximum atomic E-state index is 13.0. The number of hydrogen-bond acceptors (Lipinski definition) is 5. The molecule has 0 aliphatic carbocycles. The number of benzene rings is 1. The van der Waals surface area contributed by atoms with Crippen molar-refractivity contribution in [3.05, 3.63) is 54.9 Å². The van der Waals surface area contributed by atoms with Gasteiger partial charge >= 0.3 is 12.1 Å².